The second-order valence-electron chi connectivity index (χ2n) is 4.07. The maximum Gasteiger partial charge on any atom is 0.238 e. The maximum absolute atomic E-state index is 12.0. The number of carbonyl (C=O) groups excluding carboxylic acids is 1. The first-order chi connectivity index (χ1) is 7.84. The SMILES string of the molecule is O=C(c1ccco1)c1cc2c(s1)CCCC2. The van der Waals surface area contributed by atoms with Crippen LogP contribution in [0.2, 0.25) is 0 Å². The molecule has 3 heteroatoms. The smallest absolute Gasteiger partial charge is 0.238 e. The van der Waals surface area contributed by atoms with Gasteiger partial charge in [0.2, 0.25) is 5.78 Å². The van der Waals surface area contributed by atoms with E-state index in [9.17, 15) is 4.79 Å². The van der Waals surface area contributed by atoms with Crippen LogP contribution < -0.4 is 0 Å². The van der Waals surface area contributed by atoms with Crippen molar-refractivity contribution >= 4 is 17.1 Å². The Morgan fingerprint density at radius 2 is 2.19 bits per heavy atom. The van der Waals surface area contributed by atoms with Crippen LogP contribution in [0.5, 0.6) is 0 Å². The predicted octanol–water partition coefficient (Wildman–Crippen LogP) is 3.45. The van der Waals surface area contributed by atoms with E-state index in [1.807, 2.05) is 6.07 Å². The number of aryl methyl sites for hydroxylation is 2. The minimum absolute atomic E-state index is 0.0180. The van der Waals surface area contributed by atoms with Gasteiger partial charge in [0.1, 0.15) is 0 Å². The van der Waals surface area contributed by atoms with E-state index >= 15 is 0 Å². The maximum atomic E-state index is 12.0. The number of rotatable bonds is 2. The molecule has 2 nitrogen and oxygen atoms in total. The van der Waals surface area contributed by atoms with Crippen LogP contribution in [0.25, 0.3) is 0 Å². The first-order valence-corrected chi connectivity index (χ1v) is 6.36. The minimum Gasteiger partial charge on any atom is -0.461 e. The van der Waals surface area contributed by atoms with Gasteiger partial charge in [-0.15, -0.1) is 11.3 Å². The third-order valence-corrected chi connectivity index (χ3v) is 4.20. The molecule has 0 aliphatic heterocycles. The third kappa shape index (κ3) is 1.61. The van der Waals surface area contributed by atoms with Gasteiger partial charge >= 0.3 is 0 Å². The molecule has 1 aliphatic rings. The number of carbonyl (C=O) groups is 1. The van der Waals surface area contributed by atoms with E-state index in [4.69, 9.17) is 4.42 Å². The zero-order valence-electron chi connectivity index (χ0n) is 8.86. The van der Waals surface area contributed by atoms with Gasteiger partial charge in [0.05, 0.1) is 11.1 Å². The molecule has 0 N–H and O–H groups in total. The molecule has 0 bridgehead atoms. The molecule has 2 aromatic rings. The Kier molecular flexibility index (Phi) is 2.40. The van der Waals surface area contributed by atoms with Crippen molar-refractivity contribution in [1.82, 2.24) is 0 Å². The summed E-state index contributed by atoms with van der Waals surface area (Å²) >= 11 is 1.63. The molecule has 2 heterocycles. The van der Waals surface area contributed by atoms with Crippen LogP contribution in [0.4, 0.5) is 0 Å². The molecule has 2 aromatic heterocycles. The van der Waals surface area contributed by atoms with Crippen molar-refractivity contribution in [3.05, 3.63) is 45.5 Å². The monoisotopic (exact) mass is 232 g/mol. The van der Waals surface area contributed by atoms with Crippen LogP contribution >= 0.6 is 11.3 Å². The zero-order valence-corrected chi connectivity index (χ0v) is 9.68. The van der Waals surface area contributed by atoms with E-state index in [1.165, 1.54) is 23.3 Å². The molecule has 0 spiro atoms. The first kappa shape index (κ1) is 9.85. The number of thiophene rings is 1. The van der Waals surface area contributed by atoms with Gasteiger partial charge in [-0.3, -0.25) is 4.79 Å². The van der Waals surface area contributed by atoms with Crippen molar-refractivity contribution in [2.24, 2.45) is 0 Å². The fraction of sp³-hybridized carbons (Fsp3) is 0.308. The molecule has 82 valence electrons. The lowest BCUT2D eigenvalue weighted by molar-refractivity contribution is 0.101. The quantitative estimate of drug-likeness (QED) is 0.742. The Labute approximate surface area is 97.9 Å². The van der Waals surface area contributed by atoms with Crippen LogP contribution in [-0.4, -0.2) is 5.78 Å². The average molecular weight is 232 g/mol. The van der Waals surface area contributed by atoms with Gasteiger partial charge in [0.15, 0.2) is 5.76 Å². The highest BCUT2D eigenvalue weighted by molar-refractivity contribution is 7.14. The lowest BCUT2D eigenvalue weighted by Crippen LogP contribution is -1.97. The number of fused-ring (bicyclic) bond motifs is 1. The number of hydrogen-bond acceptors (Lipinski definition) is 3. The standard InChI is InChI=1S/C13H12O2S/c14-13(10-5-3-7-15-10)12-8-9-4-1-2-6-11(9)16-12/h3,5,7-8H,1-2,4,6H2. The van der Waals surface area contributed by atoms with E-state index in [0.29, 0.717) is 5.76 Å². The summed E-state index contributed by atoms with van der Waals surface area (Å²) in [6.45, 7) is 0. The highest BCUT2D eigenvalue weighted by Gasteiger charge is 2.19. The van der Waals surface area contributed by atoms with E-state index in [0.717, 1.165) is 17.7 Å². The predicted molar refractivity (Wildman–Crippen MR) is 63.1 cm³/mol. The summed E-state index contributed by atoms with van der Waals surface area (Å²) in [6.07, 6.45) is 6.30. The first-order valence-electron chi connectivity index (χ1n) is 5.54. The van der Waals surface area contributed by atoms with Crippen molar-refractivity contribution in [1.29, 1.82) is 0 Å². The van der Waals surface area contributed by atoms with Crippen molar-refractivity contribution < 1.29 is 9.21 Å². The van der Waals surface area contributed by atoms with Gasteiger partial charge in [0.25, 0.3) is 0 Å². The molecule has 3 rings (SSSR count). The van der Waals surface area contributed by atoms with Crippen LogP contribution in [0.1, 0.15) is 38.7 Å². The molecule has 0 amide bonds. The Bertz CT molecular complexity index is 485. The summed E-state index contributed by atoms with van der Waals surface area (Å²) in [5.41, 5.74) is 1.37. The second kappa shape index (κ2) is 3.91. The molecular weight excluding hydrogens is 220 g/mol. The summed E-state index contributed by atoms with van der Waals surface area (Å²) in [5, 5.41) is 0. The van der Waals surface area contributed by atoms with Gasteiger partial charge in [-0.25, -0.2) is 0 Å². The minimum atomic E-state index is 0.0180. The summed E-state index contributed by atoms with van der Waals surface area (Å²) in [4.78, 5) is 14.3. The average Bonchev–Trinajstić information content (AvgIpc) is 2.97. The van der Waals surface area contributed by atoms with Crippen molar-refractivity contribution in [2.45, 2.75) is 25.7 Å². The van der Waals surface area contributed by atoms with Crippen molar-refractivity contribution in [3.8, 4) is 0 Å². The van der Waals surface area contributed by atoms with Gasteiger partial charge < -0.3 is 4.42 Å². The zero-order chi connectivity index (χ0) is 11.0. The number of furan rings is 1. The van der Waals surface area contributed by atoms with Gasteiger partial charge in [-0.05, 0) is 49.4 Å². The molecule has 0 atom stereocenters. The molecule has 0 fully saturated rings. The van der Waals surface area contributed by atoms with Crippen molar-refractivity contribution in [3.63, 3.8) is 0 Å². The van der Waals surface area contributed by atoms with Crippen molar-refractivity contribution in [2.75, 3.05) is 0 Å². The van der Waals surface area contributed by atoms with Gasteiger partial charge in [-0.2, -0.15) is 0 Å². The Balaban J connectivity index is 1.95. The molecule has 0 aromatic carbocycles. The number of hydrogen-bond donors (Lipinski definition) is 0. The Hall–Kier alpha value is -1.35. The fourth-order valence-electron chi connectivity index (χ4n) is 2.13. The molecule has 1 aliphatic carbocycles. The largest absolute Gasteiger partial charge is 0.461 e. The van der Waals surface area contributed by atoms with Gasteiger partial charge in [-0.1, -0.05) is 0 Å². The molecule has 0 radical (unpaired) electrons. The third-order valence-electron chi connectivity index (χ3n) is 2.97. The number of ketones is 1. The summed E-state index contributed by atoms with van der Waals surface area (Å²) in [6, 6.07) is 5.52. The normalized spacial score (nSPS) is 14.8. The molecule has 16 heavy (non-hydrogen) atoms. The molecule has 0 saturated carbocycles. The molecule has 0 saturated heterocycles. The van der Waals surface area contributed by atoms with Gasteiger partial charge in [0, 0.05) is 4.88 Å². The van der Waals surface area contributed by atoms with E-state index in [1.54, 1.807) is 29.7 Å². The Morgan fingerprint density at radius 1 is 1.31 bits per heavy atom. The fourth-order valence-corrected chi connectivity index (χ4v) is 3.33. The Morgan fingerprint density at radius 3 is 2.94 bits per heavy atom. The van der Waals surface area contributed by atoms with Crippen LogP contribution in [0.15, 0.2) is 28.9 Å². The van der Waals surface area contributed by atoms with Crippen LogP contribution in [0.3, 0.4) is 0 Å². The highest BCUT2D eigenvalue weighted by atomic mass is 32.1. The van der Waals surface area contributed by atoms with E-state index in [-0.39, 0.29) is 5.78 Å². The highest BCUT2D eigenvalue weighted by Crippen LogP contribution is 2.30. The summed E-state index contributed by atoms with van der Waals surface area (Å²) in [7, 11) is 0. The molecule has 0 unspecified atom stereocenters. The van der Waals surface area contributed by atoms with Crippen LogP contribution in [-0.2, 0) is 12.8 Å². The summed E-state index contributed by atoms with van der Waals surface area (Å²) < 4.78 is 5.14. The topological polar surface area (TPSA) is 30.2 Å². The lowest BCUT2D eigenvalue weighted by atomic mass is 9.99. The van der Waals surface area contributed by atoms with Crippen LogP contribution in [0, 0.1) is 0 Å². The van der Waals surface area contributed by atoms with E-state index < -0.39 is 0 Å². The summed E-state index contributed by atoms with van der Waals surface area (Å²) in [5.74, 6) is 0.461. The lowest BCUT2D eigenvalue weighted by Gasteiger charge is -2.08. The molecular formula is C13H12O2S. The van der Waals surface area contributed by atoms with E-state index in [2.05, 4.69) is 0 Å². The second-order valence-corrected chi connectivity index (χ2v) is 5.21.